The fourth-order valence-electron chi connectivity index (χ4n) is 1.65. The van der Waals surface area contributed by atoms with E-state index in [0.717, 1.165) is 18.3 Å². The molecule has 1 aromatic rings. The summed E-state index contributed by atoms with van der Waals surface area (Å²) in [4.78, 5) is 0. The molecule has 1 N–H and O–H groups in total. The number of nitrogens with one attached hydrogen (secondary N) is 1. The molecule has 0 saturated heterocycles. The molecule has 1 aromatic carbocycles. The Balaban J connectivity index is 1.84. The van der Waals surface area contributed by atoms with Gasteiger partial charge in [-0.15, -0.1) is 0 Å². The molecule has 1 saturated carbocycles. The van der Waals surface area contributed by atoms with Crippen molar-refractivity contribution in [2.45, 2.75) is 32.7 Å². The minimum atomic E-state index is 0.0946. The minimum Gasteiger partial charge on any atom is -0.493 e. The maximum atomic E-state index is 5.93. The molecular weight excluding hydrogens is 269 g/mol. The quantitative estimate of drug-likeness (QED) is 0.849. The molecule has 0 bridgehead atoms. The van der Waals surface area contributed by atoms with Crippen LogP contribution >= 0.6 is 23.2 Å². The smallest absolute Gasteiger partial charge is 0.122 e. The van der Waals surface area contributed by atoms with Crippen molar-refractivity contribution in [3.05, 3.63) is 28.2 Å². The highest BCUT2D eigenvalue weighted by Crippen LogP contribution is 2.26. The van der Waals surface area contributed by atoms with E-state index in [-0.39, 0.29) is 5.41 Å². The van der Waals surface area contributed by atoms with Gasteiger partial charge in [0.1, 0.15) is 5.75 Å². The first-order chi connectivity index (χ1) is 8.44. The van der Waals surface area contributed by atoms with E-state index >= 15 is 0 Å². The van der Waals surface area contributed by atoms with Gasteiger partial charge in [-0.2, -0.15) is 0 Å². The predicted molar refractivity (Wildman–Crippen MR) is 76.8 cm³/mol. The lowest BCUT2D eigenvalue weighted by Gasteiger charge is -2.25. The fourth-order valence-corrected chi connectivity index (χ4v) is 2.16. The summed E-state index contributed by atoms with van der Waals surface area (Å²) in [7, 11) is 0. The molecule has 0 unspecified atom stereocenters. The lowest BCUT2D eigenvalue weighted by molar-refractivity contribution is 0.176. The van der Waals surface area contributed by atoms with Crippen LogP contribution in [0.4, 0.5) is 0 Å². The van der Waals surface area contributed by atoms with Crippen molar-refractivity contribution >= 4 is 23.2 Å². The first-order valence-electron chi connectivity index (χ1n) is 6.27. The van der Waals surface area contributed by atoms with Gasteiger partial charge in [0.25, 0.3) is 0 Å². The normalized spacial score (nSPS) is 15.8. The molecule has 0 amide bonds. The van der Waals surface area contributed by atoms with E-state index in [1.54, 1.807) is 18.2 Å². The highest BCUT2D eigenvalue weighted by atomic mass is 35.5. The second-order valence-corrected chi connectivity index (χ2v) is 6.59. The van der Waals surface area contributed by atoms with Gasteiger partial charge in [0, 0.05) is 28.0 Å². The molecule has 2 rings (SSSR count). The van der Waals surface area contributed by atoms with E-state index in [1.807, 2.05) is 0 Å². The maximum Gasteiger partial charge on any atom is 0.122 e. The standard InChI is InChI=1S/C14H19Cl2NO/c1-14(2,8-17-12-3-4-12)9-18-13-6-10(15)5-11(16)7-13/h5-7,12,17H,3-4,8-9H2,1-2H3. The van der Waals surface area contributed by atoms with Crippen molar-refractivity contribution in [3.63, 3.8) is 0 Å². The number of rotatable bonds is 6. The SMILES string of the molecule is CC(C)(CNC1CC1)COc1cc(Cl)cc(Cl)c1. The van der Waals surface area contributed by atoms with E-state index in [1.165, 1.54) is 12.8 Å². The molecule has 18 heavy (non-hydrogen) atoms. The van der Waals surface area contributed by atoms with Crippen molar-refractivity contribution in [2.24, 2.45) is 5.41 Å². The van der Waals surface area contributed by atoms with E-state index < -0.39 is 0 Å². The summed E-state index contributed by atoms with van der Waals surface area (Å²) in [6, 6.07) is 6.01. The molecule has 0 aliphatic heterocycles. The number of hydrogen-bond donors (Lipinski definition) is 1. The zero-order chi connectivity index (χ0) is 13.2. The first kappa shape index (κ1) is 14.0. The van der Waals surface area contributed by atoms with Crippen LogP contribution in [0.3, 0.4) is 0 Å². The zero-order valence-corrected chi connectivity index (χ0v) is 12.3. The van der Waals surface area contributed by atoms with Gasteiger partial charge >= 0.3 is 0 Å². The third-order valence-electron chi connectivity index (χ3n) is 2.91. The third kappa shape index (κ3) is 4.68. The molecule has 0 heterocycles. The average molecular weight is 288 g/mol. The van der Waals surface area contributed by atoms with Crippen LogP contribution in [0.15, 0.2) is 18.2 Å². The summed E-state index contributed by atoms with van der Waals surface area (Å²) in [5, 5.41) is 4.73. The largest absolute Gasteiger partial charge is 0.493 e. The van der Waals surface area contributed by atoms with Gasteiger partial charge in [-0.1, -0.05) is 37.0 Å². The molecule has 0 aromatic heterocycles. The molecule has 2 nitrogen and oxygen atoms in total. The molecule has 1 aliphatic rings. The summed E-state index contributed by atoms with van der Waals surface area (Å²) in [5.74, 6) is 0.729. The lowest BCUT2D eigenvalue weighted by atomic mass is 9.95. The Kier molecular flexibility index (Phi) is 4.41. The van der Waals surface area contributed by atoms with Crippen LogP contribution in [-0.4, -0.2) is 19.2 Å². The monoisotopic (exact) mass is 287 g/mol. The van der Waals surface area contributed by atoms with E-state index in [2.05, 4.69) is 19.2 Å². The molecule has 0 radical (unpaired) electrons. The molecule has 100 valence electrons. The molecule has 1 fully saturated rings. The highest BCUT2D eigenvalue weighted by Gasteiger charge is 2.25. The van der Waals surface area contributed by atoms with Crippen molar-refractivity contribution in [2.75, 3.05) is 13.2 Å². The van der Waals surface area contributed by atoms with Crippen molar-refractivity contribution < 1.29 is 4.74 Å². The van der Waals surface area contributed by atoms with Crippen LogP contribution in [0.25, 0.3) is 0 Å². The summed E-state index contributed by atoms with van der Waals surface area (Å²) in [5.41, 5.74) is 0.0946. The van der Waals surface area contributed by atoms with Crippen molar-refractivity contribution in [1.82, 2.24) is 5.32 Å². The van der Waals surface area contributed by atoms with Gasteiger partial charge in [0.2, 0.25) is 0 Å². The number of hydrogen-bond acceptors (Lipinski definition) is 2. The van der Waals surface area contributed by atoms with Gasteiger partial charge in [-0.3, -0.25) is 0 Å². The Morgan fingerprint density at radius 2 is 1.83 bits per heavy atom. The van der Waals surface area contributed by atoms with Crippen molar-refractivity contribution in [1.29, 1.82) is 0 Å². The number of halogens is 2. The molecule has 4 heteroatoms. The van der Waals surface area contributed by atoms with Crippen LogP contribution in [0.2, 0.25) is 10.0 Å². The molecule has 0 spiro atoms. The van der Waals surface area contributed by atoms with Gasteiger partial charge in [-0.05, 0) is 31.0 Å². The minimum absolute atomic E-state index is 0.0946. The average Bonchev–Trinajstić information content (AvgIpc) is 3.07. The van der Waals surface area contributed by atoms with Crippen LogP contribution < -0.4 is 10.1 Å². The summed E-state index contributed by atoms with van der Waals surface area (Å²) in [6.07, 6.45) is 2.61. The summed E-state index contributed by atoms with van der Waals surface area (Å²) < 4.78 is 5.78. The predicted octanol–water partition coefficient (Wildman–Crippen LogP) is 4.15. The first-order valence-corrected chi connectivity index (χ1v) is 7.02. The van der Waals surface area contributed by atoms with E-state index in [0.29, 0.717) is 16.7 Å². The molecule has 0 atom stereocenters. The topological polar surface area (TPSA) is 21.3 Å². The number of ether oxygens (including phenoxy) is 1. The Morgan fingerprint density at radius 3 is 2.39 bits per heavy atom. The molecule has 1 aliphatic carbocycles. The second kappa shape index (κ2) is 5.68. The van der Waals surface area contributed by atoms with Crippen molar-refractivity contribution in [3.8, 4) is 5.75 Å². The third-order valence-corrected chi connectivity index (χ3v) is 3.35. The lowest BCUT2D eigenvalue weighted by Crippen LogP contribution is -2.35. The van der Waals surface area contributed by atoms with Gasteiger partial charge in [-0.25, -0.2) is 0 Å². The van der Waals surface area contributed by atoms with Gasteiger partial charge in [0.05, 0.1) is 6.61 Å². The van der Waals surface area contributed by atoms with Gasteiger partial charge < -0.3 is 10.1 Å². The van der Waals surface area contributed by atoms with E-state index in [9.17, 15) is 0 Å². The Labute approximate surface area is 119 Å². The summed E-state index contributed by atoms with van der Waals surface area (Å²) in [6.45, 7) is 5.98. The second-order valence-electron chi connectivity index (χ2n) is 5.71. The van der Waals surface area contributed by atoms with Crippen LogP contribution in [0.1, 0.15) is 26.7 Å². The maximum absolute atomic E-state index is 5.93. The molecular formula is C14H19Cl2NO. The van der Waals surface area contributed by atoms with Crippen LogP contribution in [-0.2, 0) is 0 Å². The Morgan fingerprint density at radius 1 is 1.22 bits per heavy atom. The Hall–Kier alpha value is -0.440. The Bertz CT molecular complexity index is 396. The van der Waals surface area contributed by atoms with Crippen LogP contribution in [0, 0.1) is 5.41 Å². The highest BCUT2D eigenvalue weighted by molar-refractivity contribution is 6.34. The zero-order valence-electron chi connectivity index (χ0n) is 10.8. The van der Waals surface area contributed by atoms with E-state index in [4.69, 9.17) is 27.9 Å². The fraction of sp³-hybridized carbons (Fsp3) is 0.571. The van der Waals surface area contributed by atoms with Gasteiger partial charge in [0.15, 0.2) is 0 Å². The number of benzene rings is 1. The summed E-state index contributed by atoms with van der Waals surface area (Å²) >= 11 is 11.9. The van der Waals surface area contributed by atoms with Crippen LogP contribution in [0.5, 0.6) is 5.75 Å².